The number of hydrogen-bond donors (Lipinski definition) is 2. The lowest BCUT2D eigenvalue weighted by Gasteiger charge is -2.27. The van der Waals surface area contributed by atoms with Crippen LogP contribution in [0.25, 0.3) is 0 Å². The molecule has 1 fully saturated rings. The standard InChI is InChI=1S/C12H19N3S/c1-13-16-12-5-3-2-4-11(12)10-15-8-6-14-7-9-15/h2-5,13-14H,6-10H2,1H3. The van der Waals surface area contributed by atoms with Gasteiger partial charge in [-0.3, -0.25) is 9.62 Å². The third-order valence-electron chi connectivity index (χ3n) is 2.79. The van der Waals surface area contributed by atoms with E-state index in [4.69, 9.17) is 0 Å². The second-order valence-corrected chi connectivity index (χ2v) is 4.99. The second kappa shape index (κ2) is 6.25. The quantitative estimate of drug-likeness (QED) is 0.772. The van der Waals surface area contributed by atoms with Gasteiger partial charge in [0.1, 0.15) is 0 Å². The Kier molecular flexibility index (Phi) is 4.66. The summed E-state index contributed by atoms with van der Waals surface area (Å²) in [6, 6.07) is 8.62. The van der Waals surface area contributed by atoms with Crippen LogP contribution in [-0.2, 0) is 6.54 Å². The van der Waals surface area contributed by atoms with Crippen LogP contribution in [0.15, 0.2) is 29.2 Å². The van der Waals surface area contributed by atoms with Gasteiger partial charge in [0, 0.05) is 37.6 Å². The van der Waals surface area contributed by atoms with Crippen LogP contribution in [0, 0.1) is 0 Å². The van der Waals surface area contributed by atoms with Crippen molar-refractivity contribution in [1.29, 1.82) is 0 Å². The summed E-state index contributed by atoms with van der Waals surface area (Å²) in [4.78, 5) is 3.84. The molecule has 0 amide bonds. The Balaban J connectivity index is 2.01. The maximum Gasteiger partial charge on any atom is 0.0273 e. The summed E-state index contributed by atoms with van der Waals surface area (Å²) in [7, 11) is 1.96. The lowest BCUT2D eigenvalue weighted by Crippen LogP contribution is -2.42. The van der Waals surface area contributed by atoms with Crippen molar-refractivity contribution in [3.8, 4) is 0 Å². The van der Waals surface area contributed by atoms with E-state index in [9.17, 15) is 0 Å². The van der Waals surface area contributed by atoms with Crippen LogP contribution in [0.3, 0.4) is 0 Å². The fourth-order valence-electron chi connectivity index (χ4n) is 1.95. The van der Waals surface area contributed by atoms with E-state index in [1.807, 2.05) is 7.05 Å². The second-order valence-electron chi connectivity index (χ2n) is 3.94. The van der Waals surface area contributed by atoms with Crippen molar-refractivity contribution in [3.63, 3.8) is 0 Å². The molecule has 0 saturated carbocycles. The summed E-state index contributed by atoms with van der Waals surface area (Å²) >= 11 is 1.70. The van der Waals surface area contributed by atoms with Crippen LogP contribution in [-0.4, -0.2) is 38.1 Å². The molecular weight excluding hydrogens is 218 g/mol. The largest absolute Gasteiger partial charge is 0.314 e. The van der Waals surface area contributed by atoms with Gasteiger partial charge in [-0.25, -0.2) is 0 Å². The van der Waals surface area contributed by atoms with E-state index in [0.29, 0.717) is 0 Å². The number of benzene rings is 1. The zero-order valence-corrected chi connectivity index (χ0v) is 10.5. The third kappa shape index (κ3) is 3.22. The fraction of sp³-hybridized carbons (Fsp3) is 0.500. The van der Waals surface area contributed by atoms with E-state index in [1.165, 1.54) is 10.5 Å². The van der Waals surface area contributed by atoms with Crippen LogP contribution in [0.2, 0.25) is 0 Å². The Labute approximate surface area is 102 Å². The zero-order valence-electron chi connectivity index (χ0n) is 9.70. The SMILES string of the molecule is CNSc1ccccc1CN1CCNCC1. The smallest absolute Gasteiger partial charge is 0.0273 e. The van der Waals surface area contributed by atoms with E-state index in [2.05, 4.69) is 39.2 Å². The van der Waals surface area contributed by atoms with Gasteiger partial charge in [0.15, 0.2) is 0 Å². The lowest BCUT2D eigenvalue weighted by molar-refractivity contribution is 0.232. The summed E-state index contributed by atoms with van der Waals surface area (Å²) in [5.41, 5.74) is 1.42. The van der Waals surface area contributed by atoms with Gasteiger partial charge < -0.3 is 5.32 Å². The van der Waals surface area contributed by atoms with Gasteiger partial charge in [0.05, 0.1) is 0 Å². The minimum absolute atomic E-state index is 1.06. The normalized spacial score (nSPS) is 17.6. The average Bonchev–Trinajstić information content (AvgIpc) is 2.33. The highest BCUT2D eigenvalue weighted by Gasteiger charge is 2.11. The molecule has 1 aliphatic rings. The molecule has 0 radical (unpaired) electrons. The van der Waals surface area contributed by atoms with E-state index >= 15 is 0 Å². The molecule has 1 heterocycles. The molecule has 0 atom stereocenters. The molecule has 1 saturated heterocycles. The van der Waals surface area contributed by atoms with E-state index in [1.54, 1.807) is 11.9 Å². The number of nitrogens with one attached hydrogen (secondary N) is 2. The van der Waals surface area contributed by atoms with Crippen LogP contribution >= 0.6 is 11.9 Å². The van der Waals surface area contributed by atoms with Crippen molar-refractivity contribution in [2.24, 2.45) is 0 Å². The predicted octanol–water partition coefficient (Wildman–Crippen LogP) is 1.32. The van der Waals surface area contributed by atoms with Crippen molar-refractivity contribution in [2.45, 2.75) is 11.4 Å². The molecule has 0 aromatic heterocycles. The van der Waals surface area contributed by atoms with Crippen LogP contribution < -0.4 is 10.0 Å². The molecule has 16 heavy (non-hydrogen) atoms. The van der Waals surface area contributed by atoms with Crippen molar-refractivity contribution < 1.29 is 0 Å². The molecule has 88 valence electrons. The average molecular weight is 237 g/mol. The van der Waals surface area contributed by atoms with Gasteiger partial charge in [-0.2, -0.15) is 0 Å². The van der Waals surface area contributed by atoms with Gasteiger partial charge in [-0.05, 0) is 30.6 Å². The Morgan fingerprint density at radius 3 is 2.81 bits per heavy atom. The maximum atomic E-state index is 3.38. The van der Waals surface area contributed by atoms with Gasteiger partial charge in [0.2, 0.25) is 0 Å². The Hall–Kier alpha value is -0.550. The van der Waals surface area contributed by atoms with Crippen molar-refractivity contribution >= 4 is 11.9 Å². The zero-order chi connectivity index (χ0) is 11.2. The number of rotatable bonds is 4. The minimum atomic E-state index is 1.06. The van der Waals surface area contributed by atoms with Crippen LogP contribution in [0.5, 0.6) is 0 Å². The molecule has 0 aliphatic carbocycles. The number of hydrogen-bond acceptors (Lipinski definition) is 4. The summed E-state index contributed by atoms with van der Waals surface area (Å²) in [5, 5.41) is 3.38. The molecule has 1 aromatic rings. The van der Waals surface area contributed by atoms with E-state index in [-0.39, 0.29) is 0 Å². The van der Waals surface area contributed by atoms with Gasteiger partial charge in [-0.15, -0.1) is 0 Å². The Morgan fingerprint density at radius 2 is 2.06 bits per heavy atom. The Morgan fingerprint density at radius 1 is 1.31 bits per heavy atom. The molecule has 0 spiro atoms. The van der Waals surface area contributed by atoms with Crippen LogP contribution in [0.4, 0.5) is 0 Å². The van der Waals surface area contributed by atoms with Gasteiger partial charge in [0.25, 0.3) is 0 Å². The molecule has 0 unspecified atom stereocenters. The number of nitrogens with zero attached hydrogens (tertiary/aromatic N) is 1. The highest BCUT2D eigenvalue weighted by Crippen LogP contribution is 2.20. The first-order valence-electron chi connectivity index (χ1n) is 5.74. The fourth-order valence-corrected chi connectivity index (χ4v) is 2.58. The summed E-state index contributed by atoms with van der Waals surface area (Å²) in [6.45, 7) is 5.59. The summed E-state index contributed by atoms with van der Waals surface area (Å²) < 4.78 is 3.15. The van der Waals surface area contributed by atoms with Crippen molar-refractivity contribution in [3.05, 3.63) is 29.8 Å². The highest BCUT2D eigenvalue weighted by atomic mass is 32.2. The number of piperazine rings is 1. The predicted molar refractivity (Wildman–Crippen MR) is 69.5 cm³/mol. The molecule has 4 heteroatoms. The molecule has 2 N–H and O–H groups in total. The maximum absolute atomic E-state index is 3.38. The third-order valence-corrected chi connectivity index (χ3v) is 3.61. The minimum Gasteiger partial charge on any atom is -0.314 e. The molecule has 1 aliphatic heterocycles. The van der Waals surface area contributed by atoms with Crippen molar-refractivity contribution in [1.82, 2.24) is 14.9 Å². The summed E-state index contributed by atoms with van der Waals surface area (Å²) in [5.74, 6) is 0. The molecule has 2 rings (SSSR count). The topological polar surface area (TPSA) is 27.3 Å². The first-order valence-corrected chi connectivity index (χ1v) is 6.56. The van der Waals surface area contributed by atoms with E-state index in [0.717, 1.165) is 32.7 Å². The first kappa shape index (κ1) is 11.9. The molecular formula is C12H19N3S. The van der Waals surface area contributed by atoms with Crippen molar-refractivity contribution in [2.75, 3.05) is 33.2 Å². The monoisotopic (exact) mass is 237 g/mol. The van der Waals surface area contributed by atoms with Gasteiger partial charge >= 0.3 is 0 Å². The first-order chi connectivity index (χ1) is 7.90. The molecule has 0 bridgehead atoms. The Bertz CT molecular complexity index is 324. The van der Waals surface area contributed by atoms with Gasteiger partial charge in [-0.1, -0.05) is 18.2 Å². The molecule has 1 aromatic carbocycles. The lowest BCUT2D eigenvalue weighted by atomic mass is 10.2. The highest BCUT2D eigenvalue weighted by molar-refractivity contribution is 7.97. The van der Waals surface area contributed by atoms with E-state index < -0.39 is 0 Å². The summed E-state index contributed by atoms with van der Waals surface area (Å²) in [6.07, 6.45) is 0. The molecule has 3 nitrogen and oxygen atoms in total. The van der Waals surface area contributed by atoms with Crippen LogP contribution in [0.1, 0.15) is 5.56 Å².